The quantitative estimate of drug-likeness (QED) is 0.165. The van der Waals surface area contributed by atoms with Gasteiger partial charge < -0.3 is 9.47 Å². The Balaban J connectivity index is 1.06. The van der Waals surface area contributed by atoms with Crippen LogP contribution in [-0.4, -0.2) is 4.57 Å². The lowest BCUT2D eigenvalue weighted by Gasteiger charge is -2.27. The molecule has 264 valence electrons. The molecule has 0 radical (unpaired) electrons. The zero-order valence-electron chi connectivity index (χ0n) is 30.2. The minimum Gasteiger partial charge on any atom is -0.310 e. The lowest BCUT2D eigenvalue weighted by Crippen LogP contribution is -2.10. The molecule has 0 bridgehead atoms. The third-order valence-corrected chi connectivity index (χ3v) is 12.3. The van der Waals surface area contributed by atoms with Gasteiger partial charge in [-0.1, -0.05) is 140 Å². The van der Waals surface area contributed by atoms with E-state index in [2.05, 4.69) is 179 Å². The van der Waals surface area contributed by atoms with Crippen molar-refractivity contribution in [3.8, 4) is 27.9 Å². The topological polar surface area (TPSA) is 8.17 Å². The van der Waals surface area contributed by atoms with Gasteiger partial charge in [0.2, 0.25) is 0 Å². The second kappa shape index (κ2) is 13.1. The second-order valence-corrected chi connectivity index (χ2v) is 15.3. The number of fused-ring (bicyclic) bond motifs is 7. The monoisotopic (exact) mass is 736 g/mol. The molecule has 56 heavy (non-hydrogen) atoms. The van der Waals surface area contributed by atoms with Crippen molar-refractivity contribution in [2.45, 2.75) is 0 Å². The van der Waals surface area contributed by atoms with Gasteiger partial charge in [0, 0.05) is 53.7 Å². The van der Waals surface area contributed by atoms with Crippen molar-refractivity contribution >= 4 is 81.1 Å². The molecule has 4 heteroatoms. The molecular formula is C52H33FN2S. The first-order valence-corrected chi connectivity index (χ1v) is 19.7. The van der Waals surface area contributed by atoms with Crippen molar-refractivity contribution in [3.05, 3.63) is 206 Å². The lowest BCUT2D eigenvalue weighted by atomic mass is 9.98. The minimum absolute atomic E-state index is 0.241. The van der Waals surface area contributed by atoms with Gasteiger partial charge in [0.05, 0.1) is 11.0 Å². The summed E-state index contributed by atoms with van der Waals surface area (Å²) in [6.45, 7) is 0. The fourth-order valence-corrected chi connectivity index (χ4v) is 9.73. The largest absolute Gasteiger partial charge is 0.310 e. The van der Waals surface area contributed by atoms with Crippen molar-refractivity contribution in [2.24, 2.45) is 0 Å². The third-order valence-electron chi connectivity index (χ3n) is 11.1. The molecule has 11 aromatic rings. The van der Waals surface area contributed by atoms with Crippen LogP contribution in [0.5, 0.6) is 0 Å². The number of anilines is 3. The molecule has 2 nitrogen and oxygen atoms in total. The van der Waals surface area contributed by atoms with E-state index in [1.807, 2.05) is 29.5 Å². The molecule has 0 amide bonds. The number of para-hydroxylation sites is 2. The molecule has 0 fully saturated rings. The van der Waals surface area contributed by atoms with Crippen molar-refractivity contribution < 1.29 is 4.39 Å². The highest BCUT2D eigenvalue weighted by molar-refractivity contribution is 7.26. The zero-order valence-corrected chi connectivity index (χ0v) is 31.0. The van der Waals surface area contributed by atoms with E-state index >= 15 is 4.39 Å². The zero-order chi connectivity index (χ0) is 37.2. The maximum Gasteiger partial charge on any atom is 0.147 e. The summed E-state index contributed by atoms with van der Waals surface area (Å²) in [6.07, 6.45) is 0. The van der Waals surface area contributed by atoms with E-state index in [1.54, 1.807) is 12.1 Å². The Hall–Kier alpha value is -7.01. The standard InChI is InChI=1S/C52H33FN2S/c53-48-22-10-20-46-44-16-3-5-23-49(44)55(51(46)48)40-14-8-13-39(33-40)54(37-29-25-35(26-30-37)42-18-7-12-34-11-1-2-15-41(34)42)38-31-27-36(28-32-38)43-19-9-21-47-45-17-4-6-24-50(45)56-52(43)47/h1-33H. The predicted octanol–water partition coefficient (Wildman–Crippen LogP) is 15.2. The summed E-state index contributed by atoms with van der Waals surface area (Å²) in [5.74, 6) is -0.241. The van der Waals surface area contributed by atoms with Gasteiger partial charge in [-0.2, -0.15) is 0 Å². The number of hydrogen-bond donors (Lipinski definition) is 0. The highest BCUT2D eigenvalue weighted by Gasteiger charge is 2.19. The SMILES string of the molecule is Fc1cccc2c3ccccc3n(-c3cccc(N(c4ccc(-c5cccc6ccccc56)cc4)c4ccc(-c5cccc6c5sc5ccccc56)cc4)c3)c12. The van der Waals surface area contributed by atoms with Crippen molar-refractivity contribution in [2.75, 3.05) is 4.90 Å². The Bertz CT molecular complexity index is 3260. The molecular weight excluding hydrogens is 704 g/mol. The van der Waals surface area contributed by atoms with Gasteiger partial charge in [-0.05, 0) is 93.7 Å². The Morgan fingerprint density at radius 2 is 1.02 bits per heavy atom. The summed E-state index contributed by atoms with van der Waals surface area (Å²) < 4.78 is 20.4. The third kappa shape index (κ3) is 5.22. The van der Waals surface area contributed by atoms with Crippen LogP contribution in [0.1, 0.15) is 0 Å². The van der Waals surface area contributed by atoms with Crippen molar-refractivity contribution in [1.82, 2.24) is 4.57 Å². The minimum atomic E-state index is -0.241. The van der Waals surface area contributed by atoms with Crippen molar-refractivity contribution in [3.63, 3.8) is 0 Å². The first-order valence-electron chi connectivity index (χ1n) is 18.9. The molecule has 9 aromatic carbocycles. The Morgan fingerprint density at radius 3 is 1.84 bits per heavy atom. The van der Waals surface area contributed by atoms with E-state index in [0.717, 1.165) is 44.6 Å². The molecule has 0 N–H and O–H groups in total. The molecule has 0 aliphatic carbocycles. The molecule has 0 atom stereocenters. The van der Waals surface area contributed by atoms with Gasteiger partial charge in [-0.3, -0.25) is 0 Å². The molecule has 0 spiro atoms. The lowest BCUT2D eigenvalue weighted by molar-refractivity contribution is 0.635. The van der Waals surface area contributed by atoms with Crippen molar-refractivity contribution in [1.29, 1.82) is 0 Å². The summed E-state index contributed by atoms with van der Waals surface area (Å²) in [6, 6.07) is 70.0. The van der Waals surface area contributed by atoms with Gasteiger partial charge >= 0.3 is 0 Å². The highest BCUT2D eigenvalue weighted by atomic mass is 32.1. The first kappa shape index (κ1) is 32.4. The van der Waals surface area contributed by atoms with Crippen LogP contribution in [-0.2, 0) is 0 Å². The van der Waals surface area contributed by atoms with E-state index < -0.39 is 0 Å². The molecule has 2 aromatic heterocycles. The van der Waals surface area contributed by atoms with Crippen LogP contribution in [0, 0.1) is 5.82 Å². The Labute approximate surface area is 327 Å². The first-order chi connectivity index (χ1) is 27.7. The van der Waals surface area contributed by atoms with Crippen LogP contribution in [0.15, 0.2) is 200 Å². The summed E-state index contributed by atoms with van der Waals surface area (Å²) in [4.78, 5) is 2.30. The number of hydrogen-bond acceptors (Lipinski definition) is 2. The van der Waals surface area contributed by atoms with E-state index in [4.69, 9.17) is 0 Å². The summed E-state index contributed by atoms with van der Waals surface area (Å²) in [7, 11) is 0. The number of rotatable bonds is 6. The molecule has 2 heterocycles. The second-order valence-electron chi connectivity index (χ2n) is 14.2. The molecule has 0 unspecified atom stereocenters. The average Bonchev–Trinajstić information content (AvgIpc) is 3.81. The van der Waals surface area contributed by atoms with Gasteiger partial charge in [0.25, 0.3) is 0 Å². The summed E-state index contributed by atoms with van der Waals surface area (Å²) >= 11 is 1.85. The summed E-state index contributed by atoms with van der Waals surface area (Å²) in [5, 5.41) is 6.97. The number of halogens is 1. The summed E-state index contributed by atoms with van der Waals surface area (Å²) in [5.41, 5.74) is 10.2. The molecule has 0 aliphatic rings. The molecule has 11 rings (SSSR count). The maximum absolute atomic E-state index is 15.7. The highest BCUT2D eigenvalue weighted by Crippen LogP contribution is 2.43. The number of benzene rings is 9. The molecule has 0 saturated heterocycles. The fourth-order valence-electron chi connectivity index (χ4n) is 8.50. The van der Waals surface area contributed by atoms with Crippen LogP contribution in [0.25, 0.3) is 80.7 Å². The van der Waals surface area contributed by atoms with Crippen LogP contribution in [0.4, 0.5) is 21.5 Å². The van der Waals surface area contributed by atoms with Gasteiger partial charge in [0.15, 0.2) is 0 Å². The van der Waals surface area contributed by atoms with Crippen LogP contribution in [0.3, 0.4) is 0 Å². The smallest absolute Gasteiger partial charge is 0.147 e. The normalized spacial score (nSPS) is 11.7. The van der Waals surface area contributed by atoms with E-state index in [0.29, 0.717) is 5.52 Å². The maximum atomic E-state index is 15.7. The number of thiophene rings is 1. The Morgan fingerprint density at radius 1 is 0.429 bits per heavy atom. The van der Waals surface area contributed by atoms with Gasteiger partial charge in [0.1, 0.15) is 5.82 Å². The number of nitrogens with zero attached hydrogens (tertiary/aromatic N) is 2. The van der Waals surface area contributed by atoms with E-state index in [-0.39, 0.29) is 5.82 Å². The predicted molar refractivity (Wildman–Crippen MR) is 237 cm³/mol. The van der Waals surface area contributed by atoms with Crippen LogP contribution < -0.4 is 4.90 Å². The van der Waals surface area contributed by atoms with Crippen LogP contribution in [0.2, 0.25) is 0 Å². The van der Waals surface area contributed by atoms with Gasteiger partial charge in [-0.15, -0.1) is 11.3 Å². The number of aromatic nitrogens is 1. The molecule has 0 saturated carbocycles. The van der Waals surface area contributed by atoms with E-state index in [1.165, 1.54) is 47.6 Å². The van der Waals surface area contributed by atoms with Gasteiger partial charge in [-0.25, -0.2) is 4.39 Å². The van der Waals surface area contributed by atoms with E-state index in [9.17, 15) is 0 Å². The van der Waals surface area contributed by atoms with Crippen LogP contribution >= 0.6 is 11.3 Å². The molecule has 0 aliphatic heterocycles. The Kier molecular flexibility index (Phi) is 7.58. The average molecular weight is 737 g/mol. The fraction of sp³-hybridized carbons (Fsp3) is 0.